The van der Waals surface area contributed by atoms with Gasteiger partial charge in [0.1, 0.15) is 6.33 Å². The summed E-state index contributed by atoms with van der Waals surface area (Å²) in [6.07, 6.45) is 4.68. The molecule has 1 saturated heterocycles. The van der Waals surface area contributed by atoms with Crippen LogP contribution in [0.5, 0.6) is 0 Å². The molecule has 0 radical (unpaired) electrons. The third-order valence-corrected chi connectivity index (χ3v) is 5.44. The fourth-order valence-electron chi connectivity index (χ4n) is 3.87. The van der Waals surface area contributed by atoms with Crippen LogP contribution in [0, 0.1) is 6.92 Å². The Bertz CT molecular complexity index is 982. The SMILES string of the molecule is Cc1ccc2c(CCNC(=O)N3CCN(c4nncn4C)CC3)cn(C)c2c1. The standard InChI is InChI=1S/C20H27N7O/c1-15-4-5-17-16(13-24(2)18(17)12-15)6-7-21-20(28)27-10-8-26(9-11-27)19-23-22-14-25(19)3/h4-5,12-14H,6-11H2,1-3H3,(H,21,28). The van der Waals surface area contributed by atoms with Gasteiger partial charge in [-0.2, -0.15) is 0 Å². The van der Waals surface area contributed by atoms with Crippen LogP contribution in [0.1, 0.15) is 11.1 Å². The number of carbonyl (C=O) groups excluding carboxylic acids is 1. The van der Waals surface area contributed by atoms with Crippen molar-refractivity contribution in [3.05, 3.63) is 41.9 Å². The zero-order valence-corrected chi connectivity index (χ0v) is 16.7. The van der Waals surface area contributed by atoms with E-state index in [0.29, 0.717) is 19.6 Å². The molecule has 1 aliphatic heterocycles. The Balaban J connectivity index is 1.29. The lowest BCUT2D eigenvalue weighted by molar-refractivity contribution is 0.194. The number of aromatic nitrogens is 4. The average Bonchev–Trinajstić information content (AvgIpc) is 3.25. The van der Waals surface area contributed by atoms with Crippen molar-refractivity contribution in [2.45, 2.75) is 13.3 Å². The minimum Gasteiger partial charge on any atom is -0.350 e. The highest BCUT2D eigenvalue weighted by Gasteiger charge is 2.23. The number of nitrogens with one attached hydrogen (secondary N) is 1. The summed E-state index contributed by atoms with van der Waals surface area (Å²) in [5, 5.41) is 12.4. The van der Waals surface area contributed by atoms with Crippen molar-refractivity contribution in [3.63, 3.8) is 0 Å². The molecule has 1 aliphatic rings. The zero-order chi connectivity index (χ0) is 19.7. The van der Waals surface area contributed by atoms with Gasteiger partial charge in [-0.1, -0.05) is 12.1 Å². The molecule has 4 rings (SSSR count). The molecule has 28 heavy (non-hydrogen) atoms. The van der Waals surface area contributed by atoms with E-state index >= 15 is 0 Å². The van der Waals surface area contributed by atoms with Crippen molar-refractivity contribution in [1.29, 1.82) is 0 Å². The predicted molar refractivity (Wildman–Crippen MR) is 110 cm³/mol. The fourth-order valence-corrected chi connectivity index (χ4v) is 3.87. The van der Waals surface area contributed by atoms with Crippen LogP contribution in [0.4, 0.5) is 10.7 Å². The van der Waals surface area contributed by atoms with Gasteiger partial charge in [0.05, 0.1) is 0 Å². The van der Waals surface area contributed by atoms with Crippen molar-refractivity contribution in [3.8, 4) is 0 Å². The number of aryl methyl sites for hydroxylation is 3. The molecule has 3 heterocycles. The van der Waals surface area contributed by atoms with E-state index in [1.165, 1.54) is 22.0 Å². The summed E-state index contributed by atoms with van der Waals surface area (Å²) in [5.74, 6) is 0.853. The Morgan fingerprint density at radius 1 is 1.14 bits per heavy atom. The smallest absolute Gasteiger partial charge is 0.317 e. The molecular formula is C20H27N7O. The van der Waals surface area contributed by atoms with Gasteiger partial charge >= 0.3 is 6.03 Å². The van der Waals surface area contributed by atoms with E-state index in [0.717, 1.165) is 25.5 Å². The normalized spacial score (nSPS) is 14.7. The zero-order valence-electron chi connectivity index (χ0n) is 16.7. The summed E-state index contributed by atoms with van der Waals surface area (Å²) in [7, 11) is 4.00. The maximum atomic E-state index is 12.5. The first-order valence-electron chi connectivity index (χ1n) is 9.69. The van der Waals surface area contributed by atoms with Crippen molar-refractivity contribution in [2.24, 2.45) is 14.1 Å². The van der Waals surface area contributed by atoms with Crippen LogP contribution in [-0.2, 0) is 20.5 Å². The molecule has 0 aliphatic carbocycles. The van der Waals surface area contributed by atoms with E-state index in [4.69, 9.17) is 0 Å². The lowest BCUT2D eigenvalue weighted by Crippen LogP contribution is -2.52. The first-order valence-corrected chi connectivity index (χ1v) is 9.69. The second-order valence-corrected chi connectivity index (χ2v) is 7.48. The molecule has 1 N–H and O–H groups in total. The highest BCUT2D eigenvalue weighted by atomic mass is 16.2. The number of rotatable bonds is 4. The maximum absolute atomic E-state index is 12.5. The summed E-state index contributed by atoms with van der Waals surface area (Å²) in [6, 6.07) is 6.52. The van der Waals surface area contributed by atoms with E-state index in [2.05, 4.69) is 63.3 Å². The van der Waals surface area contributed by atoms with E-state index in [1.54, 1.807) is 6.33 Å². The van der Waals surface area contributed by atoms with Gasteiger partial charge in [-0.05, 0) is 30.5 Å². The molecule has 1 fully saturated rings. The topological polar surface area (TPSA) is 71.2 Å². The molecule has 1 aromatic carbocycles. The number of hydrogen-bond acceptors (Lipinski definition) is 4. The molecule has 2 aromatic heterocycles. The molecule has 148 valence electrons. The lowest BCUT2D eigenvalue weighted by atomic mass is 10.1. The Kier molecular flexibility index (Phi) is 4.93. The van der Waals surface area contributed by atoms with Gasteiger partial charge in [-0.15, -0.1) is 10.2 Å². The molecule has 3 aromatic rings. The van der Waals surface area contributed by atoms with Crippen molar-refractivity contribution in [2.75, 3.05) is 37.6 Å². The number of carbonyl (C=O) groups is 1. The Morgan fingerprint density at radius 3 is 2.64 bits per heavy atom. The first-order chi connectivity index (χ1) is 13.5. The minimum atomic E-state index is 0.00805. The van der Waals surface area contributed by atoms with Crippen molar-refractivity contribution < 1.29 is 4.79 Å². The maximum Gasteiger partial charge on any atom is 0.317 e. The number of hydrogen-bond donors (Lipinski definition) is 1. The summed E-state index contributed by atoms with van der Waals surface area (Å²) in [4.78, 5) is 16.6. The number of fused-ring (bicyclic) bond motifs is 1. The van der Waals surface area contributed by atoms with Crippen molar-refractivity contribution >= 4 is 22.9 Å². The lowest BCUT2D eigenvalue weighted by Gasteiger charge is -2.34. The summed E-state index contributed by atoms with van der Waals surface area (Å²) >= 11 is 0. The number of urea groups is 1. The monoisotopic (exact) mass is 381 g/mol. The van der Waals surface area contributed by atoms with Crippen molar-refractivity contribution in [1.82, 2.24) is 29.5 Å². The molecule has 0 unspecified atom stereocenters. The second-order valence-electron chi connectivity index (χ2n) is 7.48. The number of anilines is 1. The van der Waals surface area contributed by atoms with Gasteiger partial charge in [0, 0.05) is 63.9 Å². The number of benzene rings is 1. The average molecular weight is 381 g/mol. The van der Waals surface area contributed by atoms with Crippen LogP contribution < -0.4 is 10.2 Å². The van der Waals surface area contributed by atoms with E-state index in [-0.39, 0.29) is 6.03 Å². The minimum absolute atomic E-state index is 0.00805. The number of piperazine rings is 1. The highest BCUT2D eigenvalue weighted by molar-refractivity contribution is 5.84. The highest BCUT2D eigenvalue weighted by Crippen LogP contribution is 2.22. The molecule has 0 atom stereocenters. The molecule has 2 amide bonds. The summed E-state index contributed by atoms with van der Waals surface area (Å²) in [5.41, 5.74) is 3.76. The fraction of sp³-hybridized carbons (Fsp3) is 0.450. The summed E-state index contributed by atoms with van der Waals surface area (Å²) in [6.45, 7) is 5.65. The van der Waals surface area contributed by atoms with Crippen LogP contribution in [-0.4, -0.2) is 63.0 Å². The molecule has 0 bridgehead atoms. The summed E-state index contributed by atoms with van der Waals surface area (Å²) < 4.78 is 4.06. The van der Waals surface area contributed by atoms with Gasteiger partial charge in [0.15, 0.2) is 0 Å². The second kappa shape index (κ2) is 7.53. The third kappa shape index (κ3) is 3.54. The molecular weight excluding hydrogens is 354 g/mol. The molecule has 8 nitrogen and oxygen atoms in total. The molecule has 8 heteroatoms. The quantitative estimate of drug-likeness (QED) is 0.747. The predicted octanol–water partition coefficient (Wildman–Crippen LogP) is 1.69. The largest absolute Gasteiger partial charge is 0.350 e. The van der Waals surface area contributed by atoms with Gasteiger partial charge in [-0.3, -0.25) is 0 Å². The Hall–Kier alpha value is -3.03. The van der Waals surface area contributed by atoms with Crippen LogP contribution in [0.25, 0.3) is 10.9 Å². The van der Waals surface area contributed by atoms with Crippen LogP contribution >= 0.6 is 0 Å². The third-order valence-electron chi connectivity index (χ3n) is 5.44. The Morgan fingerprint density at radius 2 is 1.93 bits per heavy atom. The van der Waals surface area contributed by atoms with Crippen LogP contribution in [0.2, 0.25) is 0 Å². The Labute approximate surface area is 164 Å². The van der Waals surface area contributed by atoms with Gasteiger partial charge in [0.25, 0.3) is 0 Å². The van der Waals surface area contributed by atoms with Crippen LogP contribution in [0.3, 0.4) is 0 Å². The van der Waals surface area contributed by atoms with Gasteiger partial charge in [0.2, 0.25) is 5.95 Å². The van der Waals surface area contributed by atoms with Gasteiger partial charge in [-0.25, -0.2) is 4.79 Å². The number of nitrogens with zero attached hydrogens (tertiary/aromatic N) is 6. The first kappa shape index (κ1) is 18.3. The molecule has 0 saturated carbocycles. The van der Waals surface area contributed by atoms with E-state index < -0.39 is 0 Å². The van der Waals surface area contributed by atoms with E-state index in [9.17, 15) is 4.79 Å². The van der Waals surface area contributed by atoms with Crippen LogP contribution in [0.15, 0.2) is 30.7 Å². The van der Waals surface area contributed by atoms with Gasteiger partial charge < -0.3 is 24.3 Å². The van der Waals surface area contributed by atoms with E-state index in [1.807, 2.05) is 16.5 Å². The number of amides is 2. The molecule has 0 spiro atoms.